The van der Waals surface area contributed by atoms with Crippen LogP contribution < -0.4 is 5.32 Å². The monoisotopic (exact) mass is 279 g/mol. The maximum Gasteiger partial charge on any atom is 0.246 e. The second kappa shape index (κ2) is 8.60. The number of rotatable bonds is 7. The van der Waals surface area contributed by atoms with Gasteiger partial charge in [0.15, 0.2) is 0 Å². The van der Waals surface area contributed by atoms with Crippen LogP contribution >= 0.6 is 0 Å². The first kappa shape index (κ1) is 14.9. The van der Waals surface area contributed by atoms with Gasteiger partial charge < -0.3 is 14.8 Å². The van der Waals surface area contributed by atoms with E-state index in [4.69, 9.17) is 9.47 Å². The molecule has 6 heteroatoms. The Morgan fingerprint density at radius 3 is 3.15 bits per heavy atom. The Labute approximate surface area is 118 Å². The number of ether oxygens (including phenoxy) is 2. The van der Waals surface area contributed by atoms with E-state index in [1.807, 2.05) is 0 Å². The van der Waals surface area contributed by atoms with Crippen molar-refractivity contribution in [1.29, 1.82) is 0 Å². The average molecular weight is 279 g/mol. The molecule has 0 spiro atoms. The summed E-state index contributed by atoms with van der Waals surface area (Å²) >= 11 is 0. The lowest BCUT2D eigenvalue weighted by Crippen LogP contribution is -2.32. The molecule has 6 nitrogen and oxygen atoms in total. The first-order valence-corrected chi connectivity index (χ1v) is 7.05. The number of carbonyl (C=O) groups excluding carboxylic acids is 1. The van der Waals surface area contributed by atoms with Gasteiger partial charge in [0.25, 0.3) is 0 Å². The lowest BCUT2D eigenvalue weighted by atomic mass is 10.1. The molecule has 1 N–H and O–H groups in total. The van der Waals surface area contributed by atoms with Gasteiger partial charge in [-0.05, 0) is 19.3 Å². The molecule has 1 aliphatic rings. The standard InChI is InChI=1S/C14H21N3O3/c18-14(11-19-10-13-3-1-2-8-20-13)17-5-4-12-9-15-6-7-16-12/h6-7,9,13H,1-5,8,10-11H2,(H,17,18). The van der Waals surface area contributed by atoms with E-state index in [0.717, 1.165) is 25.1 Å². The Hall–Kier alpha value is -1.53. The summed E-state index contributed by atoms with van der Waals surface area (Å²) in [4.78, 5) is 19.7. The third-order valence-electron chi connectivity index (χ3n) is 3.13. The van der Waals surface area contributed by atoms with Crippen molar-refractivity contribution in [3.05, 3.63) is 24.3 Å². The Morgan fingerprint density at radius 2 is 2.40 bits per heavy atom. The number of nitrogens with one attached hydrogen (secondary N) is 1. The van der Waals surface area contributed by atoms with E-state index in [0.29, 0.717) is 19.6 Å². The van der Waals surface area contributed by atoms with Crippen LogP contribution in [-0.2, 0) is 20.7 Å². The molecular weight excluding hydrogens is 258 g/mol. The minimum Gasteiger partial charge on any atom is -0.376 e. The van der Waals surface area contributed by atoms with Crippen LogP contribution in [0.2, 0.25) is 0 Å². The van der Waals surface area contributed by atoms with E-state index in [9.17, 15) is 4.79 Å². The summed E-state index contributed by atoms with van der Waals surface area (Å²) in [6, 6.07) is 0. The van der Waals surface area contributed by atoms with Crippen LogP contribution in [0.3, 0.4) is 0 Å². The van der Waals surface area contributed by atoms with Crippen molar-refractivity contribution in [3.8, 4) is 0 Å². The quantitative estimate of drug-likeness (QED) is 0.796. The number of nitrogens with zero attached hydrogens (tertiary/aromatic N) is 2. The summed E-state index contributed by atoms with van der Waals surface area (Å²) in [7, 11) is 0. The predicted octanol–water partition coefficient (Wildman–Crippen LogP) is 0.721. The van der Waals surface area contributed by atoms with Gasteiger partial charge in [0.05, 0.1) is 18.4 Å². The Kier molecular flexibility index (Phi) is 6.40. The minimum atomic E-state index is -0.107. The zero-order chi connectivity index (χ0) is 14.0. The highest BCUT2D eigenvalue weighted by atomic mass is 16.5. The second-order valence-electron chi connectivity index (χ2n) is 4.80. The Balaban J connectivity index is 1.52. The summed E-state index contributed by atoms with van der Waals surface area (Å²) in [5.74, 6) is -0.107. The maximum atomic E-state index is 11.6. The summed E-state index contributed by atoms with van der Waals surface area (Å²) < 4.78 is 10.9. The van der Waals surface area contributed by atoms with E-state index < -0.39 is 0 Å². The van der Waals surface area contributed by atoms with Gasteiger partial charge >= 0.3 is 0 Å². The largest absolute Gasteiger partial charge is 0.376 e. The van der Waals surface area contributed by atoms with Gasteiger partial charge in [0, 0.05) is 38.2 Å². The summed E-state index contributed by atoms with van der Waals surface area (Å²) in [6.07, 6.45) is 9.12. The molecule has 1 saturated heterocycles. The SMILES string of the molecule is O=C(COCC1CCCCO1)NCCc1cnccn1. The third kappa shape index (κ3) is 5.63. The molecule has 1 aliphatic heterocycles. The normalized spacial score (nSPS) is 18.7. The molecule has 0 bridgehead atoms. The molecule has 1 atom stereocenters. The van der Waals surface area contributed by atoms with Crippen molar-refractivity contribution >= 4 is 5.91 Å². The lowest BCUT2D eigenvalue weighted by molar-refractivity contribution is -0.127. The van der Waals surface area contributed by atoms with E-state index in [1.54, 1.807) is 18.6 Å². The topological polar surface area (TPSA) is 73.3 Å². The molecule has 1 fully saturated rings. The number of carbonyl (C=O) groups is 1. The number of aromatic nitrogens is 2. The van der Waals surface area contributed by atoms with Gasteiger partial charge in [0.2, 0.25) is 5.91 Å². The van der Waals surface area contributed by atoms with Gasteiger partial charge in [-0.15, -0.1) is 0 Å². The highest BCUT2D eigenvalue weighted by Crippen LogP contribution is 2.12. The van der Waals surface area contributed by atoms with Crippen molar-refractivity contribution in [1.82, 2.24) is 15.3 Å². The molecular formula is C14H21N3O3. The van der Waals surface area contributed by atoms with Crippen LogP contribution in [0.1, 0.15) is 25.0 Å². The molecule has 1 unspecified atom stereocenters. The van der Waals surface area contributed by atoms with Gasteiger partial charge in [-0.3, -0.25) is 14.8 Å². The molecule has 1 aromatic rings. The van der Waals surface area contributed by atoms with Crippen LogP contribution in [-0.4, -0.2) is 48.3 Å². The number of hydrogen-bond donors (Lipinski definition) is 1. The minimum absolute atomic E-state index is 0.0837. The number of amides is 1. The Morgan fingerprint density at radius 1 is 1.45 bits per heavy atom. The lowest BCUT2D eigenvalue weighted by Gasteiger charge is -2.22. The molecule has 0 radical (unpaired) electrons. The van der Waals surface area contributed by atoms with Gasteiger partial charge in [-0.1, -0.05) is 0 Å². The zero-order valence-corrected chi connectivity index (χ0v) is 11.6. The fraction of sp³-hybridized carbons (Fsp3) is 0.643. The highest BCUT2D eigenvalue weighted by molar-refractivity contribution is 5.77. The molecule has 0 aliphatic carbocycles. The van der Waals surface area contributed by atoms with E-state index in [-0.39, 0.29) is 18.6 Å². The average Bonchev–Trinajstić information content (AvgIpc) is 2.49. The molecule has 110 valence electrons. The molecule has 20 heavy (non-hydrogen) atoms. The predicted molar refractivity (Wildman–Crippen MR) is 73.2 cm³/mol. The molecule has 0 aromatic carbocycles. The van der Waals surface area contributed by atoms with Crippen molar-refractivity contribution in [3.63, 3.8) is 0 Å². The maximum absolute atomic E-state index is 11.6. The van der Waals surface area contributed by atoms with Crippen LogP contribution in [0, 0.1) is 0 Å². The molecule has 1 amide bonds. The molecule has 1 aromatic heterocycles. The zero-order valence-electron chi connectivity index (χ0n) is 11.6. The van der Waals surface area contributed by atoms with Crippen molar-refractivity contribution in [2.75, 3.05) is 26.4 Å². The van der Waals surface area contributed by atoms with Crippen molar-refractivity contribution in [2.24, 2.45) is 0 Å². The third-order valence-corrected chi connectivity index (χ3v) is 3.13. The van der Waals surface area contributed by atoms with E-state index in [1.165, 1.54) is 6.42 Å². The number of hydrogen-bond acceptors (Lipinski definition) is 5. The van der Waals surface area contributed by atoms with Crippen LogP contribution in [0.5, 0.6) is 0 Å². The summed E-state index contributed by atoms with van der Waals surface area (Å²) in [6.45, 7) is 1.93. The van der Waals surface area contributed by atoms with E-state index >= 15 is 0 Å². The fourth-order valence-electron chi connectivity index (χ4n) is 2.06. The van der Waals surface area contributed by atoms with Gasteiger partial charge in [0.1, 0.15) is 6.61 Å². The van der Waals surface area contributed by atoms with Gasteiger partial charge in [-0.2, -0.15) is 0 Å². The van der Waals surface area contributed by atoms with Crippen LogP contribution in [0.4, 0.5) is 0 Å². The van der Waals surface area contributed by atoms with E-state index in [2.05, 4.69) is 15.3 Å². The first-order chi connectivity index (χ1) is 9.84. The summed E-state index contributed by atoms with van der Waals surface area (Å²) in [5, 5.41) is 2.80. The molecule has 2 heterocycles. The highest BCUT2D eigenvalue weighted by Gasteiger charge is 2.14. The Bertz CT molecular complexity index is 394. The van der Waals surface area contributed by atoms with Crippen LogP contribution in [0.15, 0.2) is 18.6 Å². The van der Waals surface area contributed by atoms with Crippen molar-refractivity contribution < 1.29 is 14.3 Å². The van der Waals surface area contributed by atoms with Crippen LogP contribution in [0.25, 0.3) is 0 Å². The molecule has 2 rings (SSSR count). The van der Waals surface area contributed by atoms with Crippen molar-refractivity contribution in [2.45, 2.75) is 31.8 Å². The fourth-order valence-corrected chi connectivity index (χ4v) is 2.06. The second-order valence-corrected chi connectivity index (χ2v) is 4.80. The first-order valence-electron chi connectivity index (χ1n) is 7.05. The van der Waals surface area contributed by atoms with Gasteiger partial charge in [-0.25, -0.2) is 0 Å². The molecule has 0 saturated carbocycles. The smallest absolute Gasteiger partial charge is 0.246 e. The summed E-state index contributed by atoms with van der Waals surface area (Å²) in [5.41, 5.74) is 0.865.